The first kappa shape index (κ1) is 16.8. The molecule has 118 valence electrons. The molecule has 1 aliphatic heterocycles. The molecule has 1 heterocycles. The van der Waals surface area contributed by atoms with Gasteiger partial charge in [0.15, 0.2) is 0 Å². The van der Waals surface area contributed by atoms with Crippen LogP contribution in [0.15, 0.2) is 22.7 Å². The van der Waals surface area contributed by atoms with E-state index in [-0.39, 0.29) is 0 Å². The number of methoxy groups -OCH3 is 1. The van der Waals surface area contributed by atoms with E-state index in [1.807, 2.05) is 6.07 Å². The normalized spacial score (nSPS) is 18.0. The van der Waals surface area contributed by atoms with Gasteiger partial charge in [0.05, 0.1) is 11.6 Å². The SMILES string of the molecule is COc1ccc(CC2(CNC(C)C)CCOCC2)cc1Br. The molecular weight excluding hydrogens is 330 g/mol. The maximum atomic E-state index is 5.57. The summed E-state index contributed by atoms with van der Waals surface area (Å²) in [6.45, 7) is 7.21. The Labute approximate surface area is 136 Å². The van der Waals surface area contributed by atoms with Crippen LogP contribution in [0.4, 0.5) is 0 Å². The topological polar surface area (TPSA) is 30.5 Å². The highest BCUT2D eigenvalue weighted by molar-refractivity contribution is 9.10. The van der Waals surface area contributed by atoms with Crippen molar-refractivity contribution in [3.63, 3.8) is 0 Å². The van der Waals surface area contributed by atoms with Crippen LogP contribution in [-0.2, 0) is 11.2 Å². The van der Waals surface area contributed by atoms with Crippen molar-refractivity contribution in [1.29, 1.82) is 0 Å². The van der Waals surface area contributed by atoms with Crippen LogP contribution in [0.3, 0.4) is 0 Å². The van der Waals surface area contributed by atoms with E-state index in [2.05, 4.69) is 47.2 Å². The average Bonchev–Trinajstić information content (AvgIpc) is 2.46. The molecule has 1 aromatic rings. The predicted octanol–water partition coefficient (Wildman–Crippen LogP) is 3.80. The molecule has 0 atom stereocenters. The Morgan fingerprint density at radius 2 is 2.05 bits per heavy atom. The largest absolute Gasteiger partial charge is 0.496 e. The van der Waals surface area contributed by atoms with Gasteiger partial charge in [-0.2, -0.15) is 0 Å². The molecule has 0 aliphatic carbocycles. The summed E-state index contributed by atoms with van der Waals surface area (Å²) >= 11 is 3.59. The van der Waals surface area contributed by atoms with Gasteiger partial charge in [0.2, 0.25) is 0 Å². The fraction of sp³-hybridized carbons (Fsp3) is 0.647. The Morgan fingerprint density at radius 1 is 1.33 bits per heavy atom. The van der Waals surface area contributed by atoms with E-state index < -0.39 is 0 Å². The maximum absolute atomic E-state index is 5.57. The predicted molar refractivity (Wildman–Crippen MR) is 90.0 cm³/mol. The molecule has 4 heteroatoms. The molecule has 21 heavy (non-hydrogen) atoms. The van der Waals surface area contributed by atoms with Gasteiger partial charge in [0.25, 0.3) is 0 Å². The Kier molecular flexibility index (Phi) is 6.08. The van der Waals surface area contributed by atoms with Gasteiger partial charge in [0, 0.05) is 25.8 Å². The van der Waals surface area contributed by atoms with Gasteiger partial charge in [-0.25, -0.2) is 0 Å². The van der Waals surface area contributed by atoms with Gasteiger partial charge >= 0.3 is 0 Å². The number of ether oxygens (including phenoxy) is 2. The Hall–Kier alpha value is -0.580. The number of hydrogen-bond acceptors (Lipinski definition) is 3. The number of rotatable bonds is 6. The molecule has 1 N–H and O–H groups in total. The van der Waals surface area contributed by atoms with E-state index in [0.717, 1.165) is 49.2 Å². The third kappa shape index (κ3) is 4.70. The second-order valence-electron chi connectivity index (χ2n) is 6.29. The van der Waals surface area contributed by atoms with Crippen LogP contribution in [0.1, 0.15) is 32.3 Å². The monoisotopic (exact) mass is 355 g/mol. The lowest BCUT2D eigenvalue weighted by Gasteiger charge is -2.38. The van der Waals surface area contributed by atoms with E-state index in [9.17, 15) is 0 Å². The summed E-state index contributed by atoms with van der Waals surface area (Å²) in [5.41, 5.74) is 1.66. The zero-order chi connectivity index (χ0) is 15.3. The lowest BCUT2D eigenvalue weighted by molar-refractivity contribution is 0.0141. The molecule has 0 aromatic heterocycles. The summed E-state index contributed by atoms with van der Waals surface area (Å²) in [4.78, 5) is 0. The lowest BCUT2D eigenvalue weighted by atomic mass is 9.75. The van der Waals surface area contributed by atoms with Gasteiger partial charge < -0.3 is 14.8 Å². The molecule has 0 bridgehead atoms. The molecule has 0 unspecified atom stereocenters. The van der Waals surface area contributed by atoms with E-state index in [1.54, 1.807) is 7.11 Å². The van der Waals surface area contributed by atoms with Crippen molar-refractivity contribution in [2.45, 2.75) is 39.2 Å². The van der Waals surface area contributed by atoms with Gasteiger partial charge in [-0.3, -0.25) is 0 Å². The van der Waals surface area contributed by atoms with Crippen molar-refractivity contribution in [3.05, 3.63) is 28.2 Å². The van der Waals surface area contributed by atoms with Gasteiger partial charge in [-0.1, -0.05) is 19.9 Å². The van der Waals surface area contributed by atoms with E-state index in [1.165, 1.54) is 5.56 Å². The second kappa shape index (κ2) is 7.61. The molecule has 0 saturated carbocycles. The summed E-state index contributed by atoms with van der Waals surface area (Å²) in [6, 6.07) is 6.93. The minimum Gasteiger partial charge on any atom is -0.496 e. The van der Waals surface area contributed by atoms with E-state index in [4.69, 9.17) is 9.47 Å². The summed E-state index contributed by atoms with van der Waals surface area (Å²) < 4.78 is 11.9. The minimum absolute atomic E-state index is 0.302. The number of benzene rings is 1. The molecule has 1 aliphatic rings. The van der Waals surface area contributed by atoms with Crippen molar-refractivity contribution < 1.29 is 9.47 Å². The van der Waals surface area contributed by atoms with Gasteiger partial charge in [0.1, 0.15) is 5.75 Å². The molecule has 1 aromatic carbocycles. The lowest BCUT2D eigenvalue weighted by Crippen LogP contribution is -2.42. The Balaban J connectivity index is 2.12. The first-order valence-corrected chi connectivity index (χ1v) is 8.47. The van der Waals surface area contributed by atoms with Crippen molar-refractivity contribution in [2.75, 3.05) is 26.9 Å². The molecule has 1 saturated heterocycles. The zero-order valence-corrected chi connectivity index (χ0v) is 14.8. The third-order valence-corrected chi connectivity index (χ3v) is 4.85. The first-order valence-electron chi connectivity index (χ1n) is 7.68. The first-order chi connectivity index (χ1) is 10.0. The zero-order valence-electron chi connectivity index (χ0n) is 13.2. The minimum atomic E-state index is 0.302. The Morgan fingerprint density at radius 3 is 2.62 bits per heavy atom. The van der Waals surface area contributed by atoms with Crippen LogP contribution in [0.5, 0.6) is 5.75 Å². The standard InChI is InChI=1S/C17H26BrNO2/c1-13(2)19-12-17(6-8-21-9-7-17)11-14-4-5-16(20-3)15(18)10-14/h4-5,10,13,19H,6-9,11-12H2,1-3H3. The molecule has 2 rings (SSSR count). The fourth-order valence-electron chi connectivity index (χ4n) is 2.89. The van der Waals surface area contributed by atoms with Crippen LogP contribution in [-0.4, -0.2) is 32.9 Å². The average molecular weight is 356 g/mol. The molecular formula is C17H26BrNO2. The molecule has 0 spiro atoms. The summed E-state index contributed by atoms with van der Waals surface area (Å²) in [6.07, 6.45) is 3.32. The van der Waals surface area contributed by atoms with Crippen molar-refractivity contribution in [2.24, 2.45) is 5.41 Å². The highest BCUT2D eigenvalue weighted by Crippen LogP contribution is 2.36. The van der Waals surface area contributed by atoms with E-state index in [0.29, 0.717) is 11.5 Å². The van der Waals surface area contributed by atoms with E-state index >= 15 is 0 Å². The fourth-order valence-corrected chi connectivity index (χ4v) is 3.48. The second-order valence-corrected chi connectivity index (χ2v) is 7.15. The maximum Gasteiger partial charge on any atom is 0.133 e. The third-order valence-electron chi connectivity index (χ3n) is 4.23. The Bertz CT molecular complexity index is 456. The van der Waals surface area contributed by atoms with Crippen LogP contribution < -0.4 is 10.1 Å². The van der Waals surface area contributed by atoms with Crippen molar-refractivity contribution >= 4 is 15.9 Å². The summed E-state index contributed by atoms with van der Waals surface area (Å²) in [5.74, 6) is 0.889. The summed E-state index contributed by atoms with van der Waals surface area (Å²) in [7, 11) is 1.70. The molecule has 0 radical (unpaired) electrons. The number of hydrogen-bond donors (Lipinski definition) is 1. The van der Waals surface area contributed by atoms with Gasteiger partial charge in [-0.05, 0) is 58.3 Å². The van der Waals surface area contributed by atoms with Crippen LogP contribution >= 0.6 is 15.9 Å². The highest BCUT2D eigenvalue weighted by atomic mass is 79.9. The smallest absolute Gasteiger partial charge is 0.133 e. The van der Waals surface area contributed by atoms with Crippen LogP contribution in [0.25, 0.3) is 0 Å². The quantitative estimate of drug-likeness (QED) is 0.841. The van der Waals surface area contributed by atoms with Crippen LogP contribution in [0, 0.1) is 5.41 Å². The number of nitrogens with one attached hydrogen (secondary N) is 1. The van der Waals surface area contributed by atoms with Gasteiger partial charge in [-0.15, -0.1) is 0 Å². The molecule has 0 amide bonds. The molecule has 3 nitrogen and oxygen atoms in total. The molecule has 1 fully saturated rings. The highest BCUT2D eigenvalue weighted by Gasteiger charge is 2.32. The van der Waals surface area contributed by atoms with Crippen molar-refractivity contribution in [3.8, 4) is 5.75 Å². The van der Waals surface area contributed by atoms with Crippen molar-refractivity contribution in [1.82, 2.24) is 5.32 Å². The van der Waals surface area contributed by atoms with Crippen LogP contribution in [0.2, 0.25) is 0 Å². The summed E-state index contributed by atoms with van der Waals surface area (Å²) in [5, 5.41) is 3.62. The number of halogens is 1.